The fourth-order valence-electron chi connectivity index (χ4n) is 2.64. The number of carbonyl (C=O) groups excluding carboxylic acids is 3. The highest BCUT2D eigenvalue weighted by molar-refractivity contribution is 6.05. The van der Waals surface area contributed by atoms with E-state index in [2.05, 4.69) is 10.6 Å². The zero-order valence-corrected chi connectivity index (χ0v) is 16.6. The minimum Gasteiger partial charge on any atom is -0.427 e. The Kier molecular flexibility index (Phi) is 6.90. The monoisotopic (exact) mass is 418 g/mol. The highest BCUT2D eigenvalue weighted by Crippen LogP contribution is 2.17. The first-order valence-corrected chi connectivity index (χ1v) is 9.33. The second kappa shape index (κ2) is 9.98. The first kappa shape index (κ1) is 21.4. The van der Waals surface area contributed by atoms with Gasteiger partial charge in [-0.3, -0.25) is 14.4 Å². The van der Waals surface area contributed by atoms with Crippen LogP contribution in [0.1, 0.15) is 22.8 Å². The maximum atomic E-state index is 12.9. The third-order valence-corrected chi connectivity index (χ3v) is 4.07. The number of carbonyl (C=O) groups is 3. The van der Waals surface area contributed by atoms with Gasteiger partial charge in [-0.2, -0.15) is 0 Å². The van der Waals surface area contributed by atoms with Crippen LogP contribution in [0.15, 0.2) is 78.9 Å². The lowest BCUT2D eigenvalue weighted by molar-refractivity contribution is -0.131. The molecule has 0 aromatic heterocycles. The molecule has 0 aliphatic heterocycles. The molecule has 3 aromatic rings. The van der Waals surface area contributed by atoms with Gasteiger partial charge in [-0.05, 0) is 66.2 Å². The van der Waals surface area contributed by atoms with E-state index in [1.165, 1.54) is 31.2 Å². The zero-order chi connectivity index (χ0) is 22.2. The van der Waals surface area contributed by atoms with Gasteiger partial charge < -0.3 is 15.4 Å². The second-order valence-electron chi connectivity index (χ2n) is 6.53. The minimum absolute atomic E-state index is 0.284. The van der Waals surface area contributed by atoms with Gasteiger partial charge in [-0.25, -0.2) is 4.39 Å². The van der Waals surface area contributed by atoms with Crippen molar-refractivity contribution in [3.63, 3.8) is 0 Å². The average molecular weight is 418 g/mol. The minimum atomic E-state index is -0.470. The second-order valence-corrected chi connectivity index (χ2v) is 6.53. The van der Waals surface area contributed by atoms with E-state index < -0.39 is 5.97 Å². The lowest BCUT2D eigenvalue weighted by Gasteiger charge is -2.08. The van der Waals surface area contributed by atoms with Gasteiger partial charge in [-0.15, -0.1) is 0 Å². The Bertz CT molecular complexity index is 1120. The number of amides is 2. The Morgan fingerprint density at radius 1 is 0.871 bits per heavy atom. The Hall–Kier alpha value is -4.26. The summed E-state index contributed by atoms with van der Waals surface area (Å²) in [6.07, 6.45) is 2.92. The van der Waals surface area contributed by atoms with E-state index >= 15 is 0 Å². The van der Waals surface area contributed by atoms with Gasteiger partial charge in [0.15, 0.2) is 0 Å². The molecule has 3 aromatic carbocycles. The number of hydrogen-bond donors (Lipinski definition) is 2. The molecule has 0 radical (unpaired) electrons. The van der Waals surface area contributed by atoms with E-state index in [0.717, 1.165) is 0 Å². The molecule has 31 heavy (non-hydrogen) atoms. The molecule has 0 spiro atoms. The summed E-state index contributed by atoms with van der Waals surface area (Å²) >= 11 is 0. The summed E-state index contributed by atoms with van der Waals surface area (Å²) in [6.45, 7) is 1.28. The maximum Gasteiger partial charge on any atom is 0.308 e. The van der Waals surface area contributed by atoms with Gasteiger partial charge in [-0.1, -0.05) is 18.2 Å². The molecule has 2 amide bonds. The van der Waals surface area contributed by atoms with E-state index in [1.54, 1.807) is 60.7 Å². The zero-order valence-electron chi connectivity index (χ0n) is 16.6. The van der Waals surface area contributed by atoms with Crippen LogP contribution in [-0.4, -0.2) is 17.8 Å². The predicted molar refractivity (Wildman–Crippen MR) is 116 cm³/mol. The third-order valence-electron chi connectivity index (χ3n) is 4.07. The van der Waals surface area contributed by atoms with E-state index in [1.807, 2.05) is 0 Å². The summed E-state index contributed by atoms with van der Waals surface area (Å²) in [5.74, 6) is -1.24. The molecule has 156 valence electrons. The number of esters is 1. The molecular weight excluding hydrogens is 399 g/mol. The average Bonchev–Trinajstić information content (AvgIpc) is 2.74. The van der Waals surface area contributed by atoms with Gasteiger partial charge in [0, 0.05) is 29.9 Å². The standard InChI is InChI=1S/C24H19FN2O4/c1-16(28)31-22-4-2-3-18(15-22)24(30)27-21-12-10-20(11-13-21)26-23(29)14-7-17-5-8-19(25)9-6-17/h2-15H,1H3,(H,26,29)(H,27,30)/b14-7+. The van der Waals surface area contributed by atoms with Gasteiger partial charge in [0.25, 0.3) is 5.91 Å². The highest BCUT2D eigenvalue weighted by atomic mass is 19.1. The van der Waals surface area contributed by atoms with Crippen LogP contribution in [0.2, 0.25) is 0 Å². The molecule has 0 saturated carbocycles. The molecule has 2 N–H and O–H groups in total. The van der Waals surface area contributed by atoms with Crippen molar-refractivity contribution in [1.82, 2.24) is 0 Å². The summed E-state index contributed by atoms with van der Waals surface area (Å²) < 4.78 is 17.9. The lowest BCUT2D eigenvalue weighted by atomic mass is 10.2. The van der Waals surface area contributed by atoms with Crippen molar-refractivity contribution in [3.05, 3.63) is 95.8 Å². The Balaban J connectivity index is 1.57. The number of nitrogens with one attached hydrogen (secondary N) is 2. The molecule has 0 heterocycles. The molecule has 0 fully saturated rings. The summed E-state index contributed by atoms with van der Waals surface area (Å²) in [5, 5.41) is 5.43. The van der Waals surface area contributed by atoms with Gasteiger partial charge in [0.1, 0.15) is 11.6 Å². The molecule has 0 aliphatic carbocycles. The van der Waals surface area contributed by atoms with Crippen molar-refractivity contribution >= 4 is 35.2 Å². The third kappa shape index (κ3) is 6.64. The van der Waals surface area contributed by atoms with E-state index in [9.17, 15) is 18.8 Å². The van der Waals surface area contributed by atoms with Crippen LogP contribution in [0.25, 0.3) is 6.08 Å². The summed E-state index contributed by atoms with van der Waals surface area (Å²) in [5.41, 5.74) is 2.11. The first-order chi connectivity index (χ1) is 14.9. The molecule has 0 atom stereocenters. The summed E-state index contributed by atoms with van der Waals surface area (Å²) in [7, 11) is 0. The molecule has 0 aliphatic rings. The quantitative estimate of drug-likeness (QED) is 0.347. The molecule has 7 heteroatoms. The predicted octanol–water partition coefficient (Wildman–Crippen LogP) is 4.66. The smallest absolute Gasteiger partial charge is 0.308 e. The number of halogens is 1. The number of anilines is 2. The molecular formula is C24H19FN2O4. The highest BCUT2D eigenvalue weighted by Gasteiger charge is 2.08. The van der Waals surface area contributed by atoms with Crippen molar-refractivity contribution in [1.29, 1.82) is 0 Å². The molecule has 0 bridgehead atoms. The van der Waals surface area contributed by atoms with Crippen LogP contribution in [0.4, 0.5) is 15.8 Å². The van der Waals surface area contributed by atoms with Gasteiger partial charge >= 0.3 is 5.97 Å². The van der Waals surface area contributed by atoms with Crippen molar-refractivity contribution in [2.75, 3.05) is 10.6 Å². The fourth-order valence-corrected chi connectivity index (χ4v) is 2.64. The molecule has 0 saturated heterocycles. The van der Waals surface area contributed by atoms with Crippen LogP contribution in [-0.2, 0) is 9.59 Å². The van der Waals surface area contributed by atoms with Crippen molar-refractivity contribution < 1.29 is 23.5 Å². The molecule has 0 unspecified atom stereocenters. The van der Waals surface area contributed by atoms with E-state index in [-0.39, 0.29) is 23.4 Å². The van der Waals surface area contributed by atoms with Gasteiger partial charge in [0.05, 0.1) is 0 Å². The summed E-state index contributed by atoms with van der Waals surface area (Å²) in [4.78, 5) is 35.5. The van der Waals surface area contributed by atoms with Crippen LogP contribution < -0.4 is 15.4 Å². The van der Waals surface area contributed by atoms with E-state index in [4.69, 9.17) is 4.74 Å². The van der Waals surface area contributed by atoms with Crippen LogP contribution >= 0.6 is 0 Å². The number of ether oxygens (including phenoxy) is 1. The normalized spacial score (nSPS) is 10.5. The first-order valence-electron chi connectivity index (χ1n) is 9.33. The Labute approximate surface area is 178 Å². The van der Waals surface area contributed by atoms with Crippen LogP contribution in [0.5, 0.6) is 5.75 Å². The topological polar surface area (TPSA) is 84.5 Å². The van der Waals surface area contributed by atoms with Crippen molar-refractivity contribution in [2.24, 2.45) is 0 Å². The number of hydrogen-bond acceptors (Lipinski definition) is 4. The number of rotatable bonds is 6. The van der Waals surface area contributed by atoms with Crippen molar-refractivity contribution in [3.8, 4) is 5.75 Å². The Morgan fingerprint density at radius 2 is 1.52 bits per heavy atom. The lowest BCUT2D eigenvalue weighted by Crippen LogP contribution is -2.12. The van der Waals surface area contributed by atoms with Crippen LogP contribution in [0.3, 0.4) is 0 Å². The van der Waals surface area contributed by atoms with Gasteiger partial charge in [0.2, 0.25) is 5.91 Å². The van der Waals surface area contributed by atoms with E-state index in [0.29, 0.717) is 22.5 Å². The SMILES string of the molecule is CC(=O)Oc1cccc(C(=O)Nc2ccc(NC(=O)/C=C/c3ccc(F)cc3)cc2)c1. The maximum absolute atomic E-state index is 12.9. The number of benzene rings is 3. The fraction of sp³-hybridized carbons (Fsp3) is 0.0417. The molecule has 6 nitrogen and oxygen atoms in total. The summed E-state index contributed by atoms with van der Waals surface area (Å²) in [6, 6.07) is 18.6. The largest absolute Gasteiger partial charge is 0.427 e. The molecule has 3 rings (SSSR count). The Morgan fingerprint density at radius 3 is 2.16 bits per heavy atom. The van der Waals surface area contributed by atoms with Crippen LogP contribution in [0, 0.1) is 5.82 Å². The van der Waals surface area contributed by atoms with Crippen molar-refractivity contribution in [2.45, 2.75) is 6.92 Å².